The minimum atomic E-state index is 0.0530. The van der Waals surface area contributed by atoms with Crippen molar-refractivity contribution in [3.8, 4) is 6.07 Å². The van der Waals surface area contributed by atoms with Crippen LogP contribution < -0.4 is 4.90 Å². The zero-order valence-corrected chi connectivity index (χ0v) is 13.0. The van der Waals surface area contributed by atoms with Crippen molar-refractivity contribution in [2.45, 2.75) is 25.8 Å². The molecule has 2 aromatic rings. The van der Waals surface area contributed by atoms with E-state index in [-0.39, 0.29) is 5.82 Å². The Morgan fingerprint density at radius 3 is 3.09 bits per heavy atom. The Morgan fingerprint density at radius 1 is 1.30 bits per heavy atom. The molecule has 1 aliphatic carbocycles. The fourth-order valence-electron chi connectivity index (χ4n) is 3.92. The lowest BCUT2D eigenvalue weighted by molar-refractivity contribution is 0.162. The molecular formula is C15H13ClN6O. The Hall–Kier alpha value is -2.33. The molecule has 0 aromatic carbocycles. The number of hydrogen-bond donors (Lipinski definition) is 0. The van der Waals surface area contributed by atoms with Crippen molar-refractivity contribution in [1.82, 2.24) is 19.5 Å². The number of allylic oxidation sites excluding steroid dienone is 2. The van der Waals surface area contributed by atoms with Gasteiger partial charge in [0, 0.05) is 18.9 Å². The van der Waals surface area contributed by atoms with Crippen molar-refractivity contribution >= 4 is 28.7 Å². The van der Waals surface area contributed by atoms with Gasteiger partial charge in [-0.25, -0.2) is 4.98 Å². The van der Waals surface area contributed by atoms with Crippen LogP contribution >= 0.6 is 11.6 Å². The fraction of sp³-hybridized carbons (Fsp3) is 0.467. The number of rotatable bonds is 0. The summed E-state index contributed by atoms with van der Waals surface area (Å²) in [6, 6.07) is 1.93. The molecule has 0 saturated carbocycles. The zero-order valence-electron chi connectivity index (χ0n) is 12.3. The average molecular weight is 329 g/mol. The molecule has 116 valence electrons. The van der Waals surface area contributed by atoms with Crippen molar-refractivity contribution in [2.75, 3.05) is 18.1 Å². The van der Waals surface area contributed by atoms with Crippen LogP contribution in [0.3, 0.4) is 0 Å². The van der Waals surface area contributed by atoms with Gasteiger partial charge < -0.3 is 14.2 Å². The first-order valence-electron chi connectivity index (χ1n) is 7.73. The van der Waals surface area contributed by atoms with E-state index in [0.717, 1.165) is 49.6 Å². The first-order valence-corrected chi connectivity index (χ1v) is 8.11. The van der Waals surface area contributed by atoms with Crippen LogP contribution in [0.15, 0.2) is 11.5 Å². The lowest BCUT2D eigenvalue weighted by Gasteiger charge is -2.43. The summed E-state index contributed by atoms with van der Waals surface area (Å²) in [5.74, 6) is 2.41. The van der Waals surface area contributed by atoms with Crippen molar-refractivity contribution in [2.24, 2.45) is 5.92 Å². The maximum atomic E-state index is 9.03. The number of nitriles is 1. The normalized spacial score (nSPS) is 22.4. The summed E-state index contributed by atoms with van der Waals surface area (Å²) < 4.78 is 7.97. The molecule has 0 fully saturated rings. The number of ether oxygens (including phenoxy) is 1. The van der Waals surface area contributed by atoms with Crippen LogP contribution in [-0.2, 0) is 11.3 Å². The monoisotopic (exact) mass is 328 g/mol. The van der Waals surface area contributed by atoms with Crippen molar-refractivity contribution in [1.29, 1.82) is 5.26 Å². The van der Waals surface area contributed by atoms with Gasteiger partial charge in [-0.2, -0.15) is 15.2 Å². The molecule has 0 radical (unpaired) electrons. The summed E-state index contributed by atoms with van der Waals surface area (Å²) in [6.45, 7) is 2.24. The second kappa shape index (κ2) is 4.59. The third-order valence-corrected chi connectivity index (χ3v) is 5.06. The Labute approximate surface area is 137 Å². The summed E-state index contributed by atoms with van der Waals surface area (Å²) >= 11 is 6.31. The van der Waals surface area contributed by atoms with E-state index in [1.54, 1.807) is 0 Å². The summed E-state index contributed by atoms with van der Waals surface area (Å²) in [4.78, 5) is 15.2. The highest BCUT2D eigenvalue weighted by atomic mass is 35.5. The van der Waals surface area contributed by atoms with Gasteiger partial charge in [0.2, 0.25) is 11.8 Å². The Kier molecular flexibility index (Phi) is 2.62. The molecule has 2 aliphatic heterocycles. The van der Waals surface area contributed by atoms with Crippen LogP contribution in [-0.4, -0.2) is 32.7 Å². The third-order valence-electron chi connectivity index (χ3n) is 4.80. The van der Waals surface area contributed by atoms with Gasteiger partial charge in [-0.1, -0.05) is 11.6 Å². The quantitative estimate of drug-likeness (QED) is 0.690. The number of hydrogen-bond acceptors (Lipinski definition) is 6. The standard InChI is InChI=1S/C15H13ClN6O/c16-13-12-14(19-10(6-17)18-13)20-15-21-4-5-23-9-3-1-2-8(11(9)21)7-22(12)15/h8H,1-5,7H2. The van der Waals surface area contributed by atoms with Gasteiger partial charge >= 0.3 is 0 Å². The molecule has 0 bridgehead atoms. The van der Waals surface area contributed by atoms with Crippen molar-refractivity contribution in [3.63, 3.8) is 0 Å². The molecule has 5 rings (SSSR count). The topological polar surface area (TPSA) is 79.9 Å². The molecule has 0 amide bonds. The maximum absolute atomic E-state index is 9.03. The van der Waals surface area contributed by atoms with Gasteiger partial charge in [-0.05, 0) is 12.8 Å². The Morgan fingerprint density at radius 2 is 2.22 bits per heavy atom. The maximum Gasteiger partial charge on any atom is 0.235 e. The van der Waals surface area contributed by atoms with E-state index in [0.29, 0.717) is 23.3 Å². The van der Waals surface area contributed by atoms with E-state index in [2.05, 4.69) is 24.4 Å². The van der Waals surface area contributed by atoms with Crippen LogP contribution in [0.4, 0.5) is 5.95 Å². The van der Waals surface area contributed by atoms with Gasteiger partial charge in [0.05, 0.1) is 12.2 Å². The van der Waals surface area contributed by atoms with Gasteiger partial charge in [0.1, 0.15) is 24.0 Å². The van der Waals surface area contributed by atoms with Gasteiger partial charge in [0.15, 0.2) is 10.8 Å². The molecule has 0 spiro atoms. The van der Waals surface area contributed by atoms with Crippen LogP contribution in [0.25, 0.3) is 11.2 Å². The first kappa shape index (κ1) is 13.1. The van der Waals surface area contributed by atoms with E-state index < -0.39 is 0 Å². The summed E-state index contributed by atoms with van der Waals surface area (Å²) in [7, 11) is 0. The van der Waals surface area contributed by atoms with E-state index in [4.69, 9.17) is 21.6 Å². The molecule has 0 N–H and O–H groups in total. The lowest BCUT2D eigenvalue weighted by atomic mass is 9.88. The highest BCUT2D eigenvalue weighted by molar-refractivity contribution is 6.33. The van der Waals surface area contributed by atoms with E-state index in [1.807, 2.05) is 6.07 Å². The van der Waals surface area contributed by atoms with Gasteiger partial charge in [0.25, 0.3) is 0 Å². The number of aromatic nitrogens is 4. The van der Waals surface area contributed by atoms with Crippen molar-refractivity contribution in [3.05, 3.63) is 22.4 Å². The molecule has 3 aliphatic rings. The van der Waals surface area contributed by atoms with Crippen LogP contribution in [0.5, 0.6) is 0 Å². The number of nitrogens with zero attached hydrogens (tertiary/aromatic N) is 6. The number of anilines is 1. The molecule has 8 heteroatoms. The number of halogens is 1. The molecule has 4 heterocycles. The summed E-state index contributed by atoms with van der Waals surface area (Å²) in [5.41, 5.74) is 2.48. The van der Waals surface area contributed by atoms with E-state index in [1.165, 1.54) is 5.70 Å². The lowest BCUT2D eigenvalue weighted by Crippen LogP contribution is -2.43. The summed E-state index contributed by atoms with van der Waals surface area (Å²) in [5, 5.41) is 9.33. The molecule has 1 unspecified atom stereocenters. The van der Waals surface area contributed by atoms with Crippen LogP contribution in [0.2, 0.25) is 5.15 Å². The zero-order chi connectivity index (χ0) is 15.6. The molecular weight excluding hydrogens is 316 g/mol. The SMILES string of the molecule is N#Cc1nc(Cl)c2c(n1)nc1n2CC2CCCC3=C2N1CCO3. The molecule has 2 aromatic heterocycles. The fourth-order valence-corrected chi connectivity index (χ4v) is 4.18. The van der Waals surface area contributed by atoms with Gasteiger partial charge in [-0.3, -0.25) is 0 Å². The Bertz CT molecular complexity index is 907. The average Bonchev–Trinajstić information content (AvgIpc) is 2.94. The Balaban J connectivity index is 1.78. The largest absolute Gasteiger partial charge is 0.494 e. The van der Waals surface area contributed by atoms with Crippen LogP contribution in [0, 0.1) is 17.2 Å². The number of fused-ring (bicyclic) bond motifs is 4. The predicted molar refractivity (Wildman–Crippen MR) is 82.7 cm³/mol. The number of imidazole rings is 1. The minimum Gasteiger partial charge on any atom is -0.494 e. The predicted octanol–water partition coefficient (Wildman–Crippen LogP) is 2.21. The smallest absolute Gasteiger partial charge is 0.235 e. The van der Waals surface area contributed by atoms with Crippen LogP contribution in [0.1, 0.15) is 25.1 Å². The van der Waals surface area contributed by atoms with Crippen molar-refractivity contribution < 1.29 is 4.74 Å². The van der Waals surface area contributed by atoms with E-state index >= 15 is 0 Å². The molecule has 1 atom stereocenters. The second-order valence-corrected chi connectivity index (χ2v) is 6.40. The third kappa shape index (κ3) is 1.72. The second-order valence-electron chi connectivity index (χ2n) is 6.04. The first-order chi connectivity index (χ1) is 11.3. The molecule has 0 saturated heterocycles. The minimum absolute atomic E-state index is 0.0530. The van der Waals surface area contributed by atoms with Gasteiger partial charge in [-0.15, -0.1) is 0 Å². The molecule has 23 heavy (non-hydrogen) atoms. The molecule has 7 nitrogen and oxygen atoms in total. The highest BCUT2D eigenvalue weighted by Gasteiger charge is 2.39. The highest BCUT2D eigenvalue weighted by Crippen LogP contribution is 2.43. The summed E-state index contributed by atoms with van der Waals surface area (Å²) in [6.07, 6.45) is 3.27. The van der Waals surface area contributed by atoms with E-state index in [9.17, 15) is 0 Å².